The van der Waals surface area contributed by atoms with E-state index in [1.54, 1.807) is 6.07 Å². The molecule has 1 unspecified atom stereocenters. The molecule has 0 spiro atoms. The Morgan fingerprint density at radius 3 is 2.92 bits per heavy atom. The van der Waals surface area contributed by atoms with Crippen LogP contribution in [0.5, 0.6) is 11.5 Å². The zero-order valence-electron chi connectivity index (χ0n) is 13.4. The highest BCUT2D eigenvalue weighted by Crippen LogP contribution is 2.36. The number of ether oxygens (including phenoxy) is 2. The molecule has 0 bridgehead atoms. The first-order valence-electron chi connectivity index (χ1n) is 7.99. The van der Waals surface area contributed by atoms with Crippen molar-refractivity contribution in [3.63, 3.8) is 0 Å². The lowest BCUT2D eigenvalue weighted by molar-refractivity contribution is -0.118. The second kappa shape index (κ2) is 6.25. The number of rotatable bonds is 3. The molecule has 2 heterocycles. The molecule has 0 radical (unpaired) electrons. The average Bonchev–Trinajstić information content (AvgIpc) is 2.61. The van der Waals surface area contributed by atoms with Gasteiger partial charge in [-0.3, -0.25) is 4.79 Å². The molecular weight excluding hydrogens is 327 g/mol. The number of aliphatic hydroxyl groups excluding tert-OH is 1. The van der Waals surface area contributed by atoms with Crippen molar-refractivity contribution in [1.82, 2.24) is 0 Å². The van der Waals surface area contributed by atoms with Gasteiger partial charge in [-0.25, -0.2) is 4.39 Å². The van der Waals surface area contributed by atoms with Crippen molar-refractivity contribution in [2.75, 3.05) is 30.0 Å². The largest absolute Gasteiger partial charge is 0.489 e. The van der Waals surface area contributed by atoms with E-state index in [0.29, 0.717) is 23.7 Å². The molecule has 0 fully saturated rings. The Morgan fingerprint density at radius 1 is 1.20 bits per heavy atom. The van der Waals surface area contributed by atoms with Gasteiger partial charge in [-0.2, -0.15) is 0 Å². The summed E-state index contributed by atoms with van der Waals surface area (Å²) in [5, 5.41) is 12.5. The summed E-state index contributed by atoms with van der Waals surface area (Å²) < 4.78 is 24.4. The van der Waals surface area contributed by atoms with Crippen LogP contribution in [0.1, 0.15) is 5.56 Å². The zero-order valence-corrected chi connectivity index (χ0v) is 13.4. The minimum Gasteiger partial charge on any atom is -0.489 e. The van der Waals surface area contributed by atoms with E-state index in [-0.39, 0.29) is 37.6 Å². The normalized spacial score (nSPS) is 18.6. The number of fused-ring (bicyclic) bond motifs is 2. The third-order valence-corrected chi connectivity index (χ3v) is 4.34. The van der Waals surface area contributed by atoms with Crippen LogP contribution in [0.2, 0.25) is 0 Å². The van der Waals surface area contributed by atoms with Crippen molar-refractivity contribution in [3.05, 3.63) is 47.8 Å². The second-order valence-corrected chi connectivity index (χ2v) is 6.05. The number of halogens is 1. The molecule has 2 aromatic carbocycles. The van der Waals surface area contributed by atoms with Crippen molar-refractivity contribution < 1.29 is 23.8 Å². The third kappa shape index (κ3) is 2.98. The molecule has 2 aliphatic heterocycles. The molecule has 0 aromatic heterocycles. The predicted octanol–water partition coefficient (Wildman–Crippen LogP) is 1.92. The zero-order chi connectivity index (χ0) is 17.4. The maximum atomic E-state index is 13.5. The molecule has 2 aliphatic rings. The SMILES string of the molecule is O=C1COc2ccc(CN3c4ccc(F)cc4OCC3CO)cc2N1. The number of carbonyl (C=O) groups is 1. The summed E-state index contributed by atoms with van der Waals surface area (Å²) in [5.41, 5.74) is 2.28. The molecule has 6 nitrogen and oxygen atoms in total. The van der Waals surface area contributed by atoms with Crippen LogP contribution in [0, 0.1) is 5.82 Å². The molecule has 1 amide bonds. The molecule has 130 valence electrons. The summed E-state index contributed by atoms with van der Waals surface area (Å²) in [6.07, 6.45) is 0. The highest BCUT2D eigenvalue weighted by atomic mass is 19.1. The van der Waals surface area contributed by atoms with Gasteiger partial charge in [0, 0.05) is 12.6 Å². The lowest BCUT2D eigenvalue weighted by Crippen LogP contribution is -2.45. The van der Waals surface area contributed by atoms with Crippen LogP contribution in [0.4, 0.5) is 15.8 Å². The highest BCUT2D eigenvalue weighted by molar-refractivity contribution is 5.95. The number of nitrogens with one attached hydrogen (secondary N) is 1. The summed E-state index contributed by atoms with van der Waals surface area (Å²) >= 11 is 0. The van der Waals surface area contributed by atoms with Crippen LogP contribution >= 0.6 is 0 Å². The number of hydrogen-bond acceptors (Lipinski definition) is 5. The maximum Gasteiger partial charge on any atom is 0.262 e. The summed E-state index contributed by atoms with van der Waals surface area (Å²) in [7, 11) is 0. The van der Waals surface area contributed by atoms with E-state index in [0.717, 1.165) is 11.3 Å². The molecule has 7 heteroatoms. The smallest absolute Gasteiger partial charge is 0.262 e. The van der Waals surface area contributed by atoms with Gasteiger partial charge in [0.1, 0.15) is 23.9 Å². The van der Waals surface area contributed by atoms with Crippen molar-refractivity contribution in [1.29, 1.82) is 0 Å². The molecule has 1 atom stereocenters. The molecule has 2 aromatic rings. The second-order valence-electron chi connectivity index (χ2n) is 6.05. The van der Waals surface area contributed by atoms with Crippen molar-refractivity contribution in [2.24, 2.45) is 0 Å². The van der Waals surface area contributed by atoms with Crippen LogP contribution in [-0.2, 0) is 11.3 Å². The first-order chi connectivity index (χ1) is 12.1. The van der Waals surface area contributed by atoms with Gasteiger partial charge >= 0.3 is 0 Å². The minimum absolute atomic E-state index is 0.0152. The Morgan fingerprint density at radius 2 is 2.08 bits per heavy atom. The van der Waals surface area contributed by atoms with Gasteiger partial charge < -0.3 is 24.8 Å². The number of carbonyl (C=O) groups excluding carboxylic acids is 1. The van der Waals surface area contributed by atoms with Crippen LogP contribution in [0.3, 0.4) is 0 Å². The lowest BCUT2D eigenvalue weighted by atomic mass is 10.1. The van der Waals surface area contributed by atoms with E-state index in [1.807, 2.05) is 23.1 Å². The van der Waals surface area contributed by atoms with E-state index < -0.39 is 0 Å². The van der Waals surface area contributed by atoms with E-state index in [1.165, 1.54) is 12.1 Å². The molecule has 25 heavy (non-hydrogen) atoms. The van der Waals surface area contributed by atoms with Crippen molar-refractivity contribution >= 4 is 17.3 Å². The van der Waals surface area contributed by atoms with Crippen LogP contribution in [-0.4, -0.2) is 36.9 Å². The number of aliphatic hydroxyl groups is 1. The minimum atomic E-state index is -0.366. The molecule has 0 aliphatic carbocycles. The van der Waals surface area contributed by atoms with Crippen molar-refractivity contribution in [3.8, 4) is 11.5 Å². The molecule has 0 saturated carbocycles. The number of nitrogens with zero attached hydrogens (tertiary/aromatic N) is 1. The number of hydrogen-bond donors (Lipinski definition) is 2. The predicted molar refractivity (Wildman–Crippen MR) is 89.5 cm³/mol. The monoisotopic (exact) mass is 344 g/mol. The Hall–Kier alpha value is -2.80. The first-order valence-corrected chi connectivity index (χ1v) is 7.99. The van der Waals surface area contributed by atoms with Gasteiger partial charge in [0.05, 0.1) is 24.0 Å². The third-order valence-electron chi connectivity index (χ3n) is 4.34. The van der Waals surface area contributed by atoms with Gasteiger partial charge in [-0.05, 0) is 29.8 Å². The van der Waals surface area contributed by atoms with Gasteiger partial charge in [-0.1, -0.05) is 6.07 Å². The van der Waals surface area contributed by atoms with Crippen LogP contribution in [0.25, 0.3) is 0 Å². The fourth-order valence-electron chi connectivity index (χ4n) is 3.10. The maximum absolute atomic E-state index is 13.5. The van der Waals surface area contributed by atoms with Crippen LogP contribution < -0.4 is 19.7 Å². The quantitative estimate of drug-likeness (QED) is 0.890. The summed E-state index contributed by atoms with van der Waals surface area (Å²) in [4.78, 5) is 13.5. The van der Waals surface area contributed by atoms with E-state index >= 15 is 0 Å². The van der Waals surface area contributed by atoms with Crippen molar-refractivity contribution in [2.45, 2.75) is 12.6 Å². The first kappa shape index (κ1) is 15.7. The van der Waals surface area contributed by atoms with Crippen LogP contribution in [0.15, 0.2) is 36.4 Å². The Balaban J connectivity index is 1.65. The fourth-order valence-corrected chi connectivity index (χ4v) is 3.10. The molecular formula is C18H17FN2O4. The molecule has 0 saturated heterocycles. The topological polar surface area (TPSA) is 71.0 Å². The van der Waals surface area contributed by atoms with E-state index in [4.69, 9.17) is 9.47 Å². The van der Waals surface area contributed by atoms with E-state index in [2.05, 4.69) is 5.32 Å². The summed E-state index contributed by atoms with van der Waals surface area (Å²) in [6.45, 7) is 0.692. The Kier molecular flexibility index (Phi) is 3.93. The number of amides is 1. The Labute approximate surface area is 143 Å². The Bertz CT molecular complexity index is 827. The molecule has 4 rings (SSSR count). The van der Waals surface area contributed by atoms with Gasteiger partial charge in [0.2, 0.25) is 0 Å². The van der Waals surface area contributed by atoms with Gasteiger partial charge in [0.15, 0.2) is 6.61 Å². The van der Waals surface area contributed by atoms with Gasteiger partial charge in [-0.15, -0.1) is 0 Å². The highest BCUT2D eigenvalue weighted by Gasteiger charge is 2.28. The summed E-state index contributed by atoms with van der Waals surface area (Å²) in [6, 6.07) is 9.69. The van der Waals surface area contributed by atoms with Gasteiger partial charge in [0.25, 0.3) is 5.91 Å². The standard InChI is InChI=1S/C18H17FN2O4/c19-12-2-3-15-17(6-12)24-9-13(8-22)21(15)7-11-1-4-16-14(5-11)20-18(23)10-25-16/h1-6,13,22H,7-10H2,(H,20,23). The fraction of sp³-hybridized carbons (Fsp3) is 0.278. The molecule has 2 N–H and O–H groups in total. The van der Waals surface area contributed by atoms with E-state index in [9.17, 15) is 14.3 Å². The lowest BCUT2D eigenvalue weighted by Gasteiger charge is -2.38. The number of benzene rings is 2. The number of anilines is 2. The summed E-state index contributed by atoms with van der Waals surface area (Å²) in [5.74, 6) is 0.533. The average molecular weight is 344 g/mol.